The lowest BCUT2D eigenvalue weighted by Gasteiger charge is -2.37. The molecule has 1 aromatic rings. The highest BCUT2D eigenvalue weighted by molar-refractivity contribution is 5.83. The van der Waals surface area contributed by atoms with Gasteiger partial charge in [-0.3, -0.25) is 4.79 Å². The molecule has 0 aromatic heterocycles. The zero-order valence-corrected chi connectivity index (χ0v) is 13.1. The number of carbonyl (C=O) groups excluding carboxylic acids is 1. The Morgan fingerprint density at radius 1 is 1.36 bits per heavy atom. The number of hydrogen-bond donors (Lipinski definition) is 2. The topological polar surface area (TPSA) is 67.8 Å². The van der Waals surface area contributed by atoms with Crippen LogP contribution in [-0.4, -0.2) is 49.6 Å². The van der Waals surface area contributed by atoms with Crippen LogP contribution in [0.2, 0.25) is 0 Å². The second-order valence-electron chi connectivity index (χ2n) is 5.72. The molecule has 0 aliphatic carbocycles. The molecule has 1 aliphatic heterocycles. The number of carbonyl (C=O) groups is 1. The van der Waals surface area contributed by atoms with E-state index in [1.54, 1.807) is 0 Å². The van der Waals surface area contributed by atoms with Gasteiger partial charge in [0.1, 0.15) is 0 Å². The molecule has 5 heteroatoms. The molecule has 1 fully saturated rings. The number of nitrogens with one attached hydrogen (secondary N) is 1. The van der Waals surface area contributed by atoms with Crippen LogP contribution >= 0.6 is 0 Å². The van der Waals surface area contributed by atoms with Crippen molar-refractivity contribution in [1.82, 2.24) is 5.32 Å². The monoisotopic (exact) mass is 307 g/mol. The van der Waals surface area contributed by atoms with Gasteiger partial charge in [-0.1, -0.05) is 30.3 Å². The number of benzene rings is 1. The van der Waals surface area contributed by atoms with Crippen molar-refractivity contribution >= 4 is 5.91 Å². The van der Waals surface area contributed by atoms with E-state index in [4.69, 9.17) is 14.6 Å². The first kappa shape index (κ1) is 16.9. The van der Waals surface area contributed by atoms with E-state index in [-0.39, 0.29) is 25.0 Å². The van der Waals surface area contributed by atoms with E-state index in [1.807, 2.05) is 37.3 Å². The van der Waals surface area contributed by atoms with Gasteiger partial charge in [-0.15, -0.1) is 0 Å². The second-order valence-corrected chi connectivity index (χ2v) is 5.72. The fourth-order valence-electron chi connectivity index (χ4n) is 2.67. The van der Waals surface area contributed by atoms with Gasteiger partial charge in [-0.2, -0.15) is 0 Å². The highest BCUT2D eigenvalue weighted by atomic mass is 16.5. The van der Waals surface area contributed by atoms with E-state index in [1.165, 1.54) is 0 Å². The van der Waals surface area contributed by atoms with Gasteiger partial charge in [0.25, 0.3) is 0 Å². The van der Waals surface area contributed by atoms with E-state index in [9.17, 15) is 4.79 Å². The lowest BCUT2D eigenvalue weighted by Crippen LogP contribution is -2.49. The minimum atomic E-state index is -0.424. The van der Waals surface area contributed by atoms with Crippen LogP contribution in [-0.2, 0) is 14.3 Å². The predicted octanol–water partition coefficient (Wildman–Crippen LogP) is 1.46. The summed E-state index contributed by atoms with van der Waals surface area (Å²) < 4.78 is 11.2. The third kappa shape index (κ3) is 4.53. The summed E-state index contributed by atoms with van der Waals surface area (Å²) in [6, 6.07) is 9.72. The summed E-state index contributed by atoms with van der Waals surface area (Å²) in [7, 11) is 0. The molecule has 1 atom stereocenters. The summed E-state index contributed by atoms with van der Waals surface area (Å²) in [4.78, 5) is 12.4. The van der Waals surface area contributed by atoms with Crippen molar-refractivity contribution in [3.05, 3.63) is 35.9 Å². The maximum Gasteiger partial charge on any atom is 0.227 e. The van der Waals surface area contributed by atoms with Gasteiger partial charge < -0.3 is 19.9 Å². The number of aliphatic hydroxyl groups excluding tert-OH is 1. The highest BCUT2D eigenvalue weighted by Crippen LogP contribution is 2.25. The maximum atomic E-state index is 12.4. The van der Waals surface area contributed by atoms with Gasteiger partial charge in [0.15, 0.2) is 0 Å². The smallest absolute Gasteiger partial charge is 0.227 e. The molecule has 2 rings (SSSR count). The Labute approximate surface area is 131 Å². The Morgan fingerprint density at radius 3 is 2.68 bits per heavy atom. The normalized spacial score (nSPS) is 18.6. The third-order valence-corrected chi connectivity index (χ3v) is 4.18. The van der Waals surface area contributed by atoms with Crippen molar-refractivity contribution in [3.8, 4) is 0 Å². The molecule has 0 unspecified atom stereocenters. The van der Waals surface area contributed by atoms with E-state index in [0.29, 0.717) is 19.8 Å². The summed E-state index contributed by atoms with van der Waals surface area (Å²) in [5.74, 6) is -0.208. The molecule has 0 spiro atoms. The van der Waals surface area contributed by atoms with Crippen LogP contribution in [0.3, 0.4) is 0 Å². The Kier molecular flexibility index (Phi) is 6.36. The zero-order valence-electron chi connectivity index (χ0n) is 13.1. The van der Waals surface area contributed by atoms with Crippen LogP contribution in [0.4, 0.5) is 0 Å². The molecule has 5 nitrogen and oxygen atoms in total. The summed E-state index contributed by atoms with van der Waals surface area (Å²) in [5, 5.41) is 12.0. The molecule has 0 radical (unpaired) electrons. The van der Waals surface area contributed by atoms with Gasteiger partial charge >= 0.3 is 0 Å². The lowest BCUT2D eigenvalue weighted by atomic mass is 9.93. The number of aliphatic hydroxyl groups is 1. The first-order valence-corrected chi connectivity index (χ1v) is 7.82. The summed E-state index contributed by atoms with van der Waals surface area (Å²) in [5.41, 5.74) is 0.574. The van der Waals surface area contributed by atoms with Gasteiger partial charge in [0.05, 0.1) is 24.7 Å². The molecule has 1 aromatic carbocycles. The number of rotatable bonds is 7. The number of hydrogen-bond acceptors (Lipinski definition) is 4. The maximum absolute atomic E-state index is 12.4. The molecule has 1 saturated heterocycles. The first-order valence-electron chi connectivity index (χ1n) is 7.82. The van der Waals surface area contributed by atoms with Crippen molar-refractivity contribution in [3.63, 3.8) is 0 Å². The number of ether oxygens (including phenoxy) is 2. The minimum Gasteiger partial charge on any atom is -0.394 e. The molecule has 1 aliphatic rings. The summed E-state index contributed by atoms with van der Waals surface area (Å²) in [6.45, 7) is 3.86. The average Bonchev–Trinajstić information content (AvgIpc) is 2.59. The highest BCUT2D eigenvalue weighted by Gasteiger charge is 2.34. The fourth-order valence-corrected chi connectivity index (χ4v) is 2.67. The Balaban J connectivity index is 1.92. The Morgan fingerprint density at radius 2 is 2.05 bits per heavy atom. The lowest BCUT2D eigenvalue weighted by molar-refractivity contribution is -0.131. The van der Waals surface area contributed by atoms with Gasteiger partial charge in [-0.05, 0) is 12.5 Å². The van der Waals surface area contributed by atoms with Crippen LogP contribution in [0.15, 0.2) is 30.3 Å². The minimum absolute atomic E-state index is 0.00957. The van der Waals surface area contributed by atoms with Gasteiger partial charge in [-0.25, -0.2) is 0 Å². The van der Waals surface area contributed by atoms with Crippen molar-refractivity contribution in [2.24, 2.45) is 0 Å². The molecule has 22 heavy (non-hydrogen) atoms. The van der Waals surface area contributed by atoms with Gasteiger partial charge in [0.2, 0.25) is 5.91 Å². The molecule has 1 amide bonds. The molecule has 0 saturated carbocycles. The number of amides is 1. The van der Waals surface area contributed by atoms with Crippen LogP contribution in [0.1, 0.15) is 31.2 Å². The van der Waals surface area contributed by atoms with Crippen LogP contribution in [0.25, 0.3) is 0 Å². The molecular formula is C17H25NO4. The average molecular weight is 307 g/mol. The summed E-state index contributed by atoms with van der Waals surface area (Å²) >= 11 is 0. The fraction of sp³-hybridized carbons (Fsp3) is 0.588. The third-order valence-electron chi connectivity index (χ3n) is 4.18. The van der Waals surface area contributed by atoms with Crippen molar-refractivity contribution in [2.75, 3.05) is 33.0 Å². The van der Waals surface area contributed by atoms with Crippen molar-refractivity contribution in [2.45, 2.75) is 31.3 Å². The molecule has 122 valence electrons. The van der Waals surface area contributed by atoms with Crippen LogP contribution in [0, 0.1) is 0 Å². The Hall–Kier alpha value is -1.43. The molecule has 0 bridgehead atoms. The summed E-state index contributed by atoms with van der Waals surface area (Å²) in [6.07, 6.45) is 1.46. The Bertz CT molecular complexity index is 457. The molecular weight excluding hydrogens is 282 g/mol. The van der Waals surface area contributed by atoms with Crippen LogP contribution < -0.4 is 5.32 Å². The van der Waals surface area contributed by atoms with Crippen molar-refractivity contribution in [1.29, 1.82) is 0 Å². The quantitative estimate of drug-likeness (QED) is 0.800. The standard InChI is InChI=1S/C17H25NO4/c1-14(15-5-3-2-4-6-15)16(20)18-13-17(22-12-9-19)7-10-21-11-8-17/h2-6,14,19H,7-13H2,1H3,(H,18,20)/t14-/m1/s1. The van der Waals surface area contributed by atoms with Gasteiger partial charge in [0, 0.05) is 32.6 Å². The predicted molar refractivity (Wildman–Crippen MR) is 83.7 cm³/mol. The largest absolute Gasteiger partial charge is 0.394 e. The zero-order chi connectivity index (χ0) is 15.8. The van der Waals surface area contributed by atoms with Crippen LogP contribution in [0.5, 0.6) is 0 Å². The molecule has 2 N–H and O–H groups in total. The van der Waals surface area contributed by atoms with Crippen molar-refractivity contribution < 1.29 is 19.4 Å². The van der Waals surface area contributed by atoms with E-state index in [0.717, 1.165) is 18.4 Å². The second kappa shape index (κ2) is 8.27. The van der Waals surface area contributed by atoms with E-state index >= 15 is 0 Å². The first-order chi connectivity index (χ1) is 10.7. The van der Waals surface area contributed by atoms with E-state index in [2.05, 4.69) is 5.32 Å². The van der Waals surface area contributed by atoms with E-state index < -0.39 is 5.60 Å². The SMILES string of the molecule is C[C@@H](C(=O)NCC1(OCCO)CCOCC1)c1ccccc1. The molecule has 1 heterocycles.